The molecule has 1 aliphatic carbocycles. The van der Waals surface area contributed by atoms with Crippen molar-refractivity contribution >= 4 is 22.5 Å². The summed E-state index contributed by atoms with van der Waals surface area (Å²) in [6, 6.07) is 4.47. The Bertz CT molecular complexity index is 1140. The number of halogens is 4. The maximum absolute atomic E-state index is 13.0. The van der Waals surface area contributed by atoms with E-state index in [0.717, 1.165) is 0 Å². The summed E-state index contributed by atoms with van der Waals surface area (Å²) in [5.74, 6) is -0.761. The molecule has 10 heteroatoms. The zero-order valence-corrected chi connectivity index (χ0v) is 15.6. The van der Waals surface area contributed by atoms with Gasteiger partial charge in [-0.2, -0.15) is 13.2 Å². The lowest BCUT2D eigenvalue weighted by molar-refractivity contribution is -0.207. The normalized spacial score (nSPS) is 19.5. The summed E-state index contributed by atoms with van der Waals surface area (Å²) in [6.45, 7) is 1.60. The van der Waals surface area contributed by atoms with Crippen LogP contribution in [0.25, 0.3) is 22.0 Å². The van der Waals surface area contributed by atoms with Gasteiger partial charge in [0, 0.05) is 34.9 Å². The molecule has 1 saturated carbocycles. The van der Waals surface area contributed by atoms with E-state index in [1.54, 1.807) is 19.1 Å². The van der Waals surface area contributed by atoms with Crippen molar-refractivity contribution in [1.82, 2.24) is 15.0 Å². The Balaban J connectivity index is 1.59. The third-order valence-corrected chi connectivity index (χ3v) is 4.90. The fraction of sp³-hybridized carbons (Fsp3) is 0.300. The highest BCUT2D eigenvalue weighted by atomic mass is 19.4. The van der Waals surface area contributed by atoms with Crippen LogP contribution in [0, 0.1) is 12.8 Å². The number of pyridine rings is 3. The third-order valence-electron chi connectivity index (χ3n) is 4.90. The van der Waals surface area contributed by atoms with Gasteiger partial charge in [-0.25, -0.2) is 9.37 Å². The van der Waals surface area contributed by atoms with Gasteiger partial charge in [-0.15, -0.1) is 0 Å². The van der Waals surface area contributed by atoms with Gasteiger partial charge in [0.05, 0.1) is 17.3 Å². The number of aliphatic hydroxyl groups is 1. The number of anilines is 1. The summed E-state index contributed by atoms with van der Waals surface area (Å²) in [6.07, 6.45) is -4.05. The highest BCUT2D eigenvalue weighted by Gasteiger charge is 2.43. The Labute approximate surface area is 168 Å². The molecule has 3 aromatic heterocycles. The lowest BCUT2D eigenvalue weighted by Crippen LogP contribution is -2.21. The van der Waals surface area contributed by atoms with Gasteiger partial charge in [-0.3, -0.25) is 14.8 Å². The Morgan fingerprint density at radius 1 is 1.13 bits per heavy atom. The fourth-order valence-corrected chi connectivity index (χ4v) is 3.07. The summed E-state index contributed by atoms with van der Waals surface area (Å²) in [5.41, 5.74) is 0.961. The first-order chi connectivity index (χ1) is 14.1. The van der Waals surface area contributed by atoms with E-state index in [0.29, 0.717) is 27.6 Å². The highest BCUT2D eigenvalue weighted by molar-refractivity contribution is 5.96. The number of nitrogens with zero attached hydrogens (tertiary/aromatic N) is 3. The van der Waals surface area contributed by atoms with Gasteiger partial charge in [-0.1, -0.05) is 0 Å². The summed E-state index contributed by atoms with van der Waals surface area (Å²) in [5, 5.41) is 13.3. The predicted molar refractivity (Wildman–Crippen MR) is 100 cm³/mol. The van der Waals surface area contributed by atoms with E-state index in [2.05, 4.69) is 20.3 Å². The number of fused-ring (bicyclic) bond motifs is 1. The van der Waals surface area contributed by atoms with Gasteiger partial charge in [0.2, 0.25) is 5.91 Å². The molecule has 4 rings (SSSR count). The molecule has 3 heterocycles. The van der Waals surface area contributed by atoms with Crippen LogP contribution in [-0.4, -0.2) is 38.3 Å². The van der Waals surface area contributed by atoms with Gasteiger partial charge in [0.15, 0.2) is 6.10 Å². The number of aryl methyl sites for hydroxylation is 1. The molecule has 3 aromatic rings. The Morgan fingerprint density at radius 3 is 2.43 bits per heavy atom. The standard InChI is InChI=1S/C20H16F4N4O2/c1-9-2-16(18(29)20(22,23)24)26-8-13(9)15-3-10-7-27-17(4-11(10)6-25-15)28-19(30)12-5-14(12)21/h2-4,6-8,12,14,18,29H,5H2,1H3,(H,27,28,30)/t12?,14-,18+/m0/s1. The van der Waals surface area contributed by atoms with Gasteiger partial charge >= 0.3 is 6.18 Å². The minimum Gasteiger partial charge on any atom is -0.378 e. The monoisotopic (exact) mass is 420 g/mol. The maximum atomic E-state index is 13.0. The third kappa shape index (κ3) is 3.95. The number of hydrogen-bond donors (Lipinski definition) is 2. The molecular weight excluding hydrogens is 404 g/mol. The molecule has 30 heavy (non-hydrogen) atoms. The summed E-state index contributed by atoms with van der Waals surface area (Å²) in [7, 11) is 0. The molecule has 2 N–H and O–H groups in total. The number of carbonyl (C=O) groups is 1. The molecule has 0 spiro atoms. The zero-order valence-electron chi connectivity index (χ0n) is 15.6. The van der Waals surface area contributed by atoms with Crippen LogP contribution in [0.15, 0.2) is 36.8 Å². The van der Waals surface area contributed by atoms with Crippen LogP contribution in [0.1, 0.15) is 23.8 Å². The SMILES string of the molecule is Cc1cc([C@@H](O)C(F)(F)F)ncc1-c1cc2cnc(NC(=O)C3C[C@@H]3F)cc2cn1. The van der Waals surface area contributed by atoms with E-state index in [1.165, 1.54) is 24.7 Å². The molecule has 0 radical (unpaired) electrons. The summed E-state index contributed by atoms with van der Waals surface area (Å²) in [4.78, 5) is 24.0. The number of rotatable bonds is 4. The van der Waals surface area contributed by atoms with Gasteiger partial charge in [0.1, 0.15) is 12.0 Å². The number of aliphatic hydroxyl groups excluding tert-OH is 1. The van der Waals surface area contributed by atoms with E-state index in [-0.39, 0.29) is 12.2 Å². The molecule has 1 aliphatic rings. The van der Waals surface area contributed by atoms with E-state index in [9.17, 15) is 27.5 Å². The van der Waals surface area contributed by atoms with Crippen molar-refractivity contribution in [3.63, 3.8) is 0 Å². The van der Waals surface area contributed by atoms with Gasteiger partial charge in [0.25, 0.3) is 0 Å². The predicted octanol–water partition coefficient (Wildman–Crippen LogP) is 3.89. The molecule has 0 aliphatic heterocycles. The number of aromatic nitrogens is 3. The van der Waals surface area contributed by atoms with Gasteiger partial charge < -0.3 is 10.4 Å². The van der Waals surface area contributed by atoms with E-state index < -0.39 is 36.0 Å². The number of carbonyl (C=O) groups excluding carboxylic acids is 1. The van der Waals surface area contributed by atoms with Gasteiger partial charge in [-0.05, 0) is 37.1 Å². The highest BCUT2D eigenvalue weighted by Crippen LogP contribution is 2.35. The molecule has 0 aromatic carbocycles. The Hall–Kier alpha value is -3.14. The van der Waals surface area contributed by atoms with Crippen LogP contribution in [0.3, 0.4) is 0 Å². The number of nitrogens with one attached hydrogen (secondary N) is 1. The second kappa shape index (κ2) is 7.28. The minimum atomic E-state index is -4.80. The van der Waals surface area contributed by atoms with E-state index in [4.69, 9.17) is 0 Å². The summed E-state index contributed by atoms with van der Waals surface area (Å²) >= 11 is 0. The Morgan fingerprint density at radius 2 is 1.80 bits per heavy atom. The van der Waals surface area contributed by atoms with Crippen molar-refractivity contribution in [3.8, 4) is 11.3 Å². The van der Waals surface area contributed by atoms with Crippen LogP contribution >= 0.6 is 0 Å². The van der Waals surface area contributed by atoms with Crippen LogP contribution in [-0.2, 0) is 4.79 Å². The molecule has 0 saturated heterocycles. The lowest BCUT2D eigenvalue weighted by Gasteiger charge is -2.15. The van der Waals surface area contributed by atoms with Crippen molar-refractivity contribution in [1.29, 1.82) is 0 Å². The van der Waals surface area contributed by atoms with Crippen molar-refractivity contribution in [3.05, 3.63) is 48.0 Å². The number of hydrogen-bond acceptors (Lipinski definition) is 5. The molecule has 1 fully saturated rings. The first-order valence-corrected chi connectivity index (χ1v) is 9.06. The first kappa shape index (κ1) is 20.1. The van der Waals surface area contributed by atoms with Crippen LogP contribution in [0.4, 0.5) is 23.4 Å². The molecule has 6 nitrogen and oxygen atoms in total. The number of amides is 1. The van der Waals surface area contributed by atoms with Crippen LogP contribution in [0.2, 0.25) is 0 Å². The second-order valence-electron chi connectivity index (χ2n) is 7.20. The minimum absolute atomic E-state index is 0.219. The Kier molecular flexibility index (Phi) is 4.89. The molecule has 156 valence electrons. The average Bonchev–Trinajstić information content (AvgIpc) is 3.43. The summed E-state index contributed by atoms with van der Waals surface area (Å²) < 4.78 is 51.0. The van der Waals surface area contributed by atoms with Crippen LogP contribution < -0.4 is 5.32 Å². The zero-order chi connectivity index (χ0) is 21.6. The lowest BCUT2D eigenvalue weighted by atomic mass is 10.0. The largest absolute Gasteiger partial charge is 0.420 e. The molecule has 3 atom stereocenters. The molecular formula is C20H16F4N4O2. The van der Waals surface area contributed by atoms with E-state index in [1.807, 2.05) is 0 Å². The number of alkyl halides is 4. The smallest absolute Gasteiger partial charge is 0.378 e. The van der Waals surface area contributed by atoms with Crippen molar-refractivity contribution in [2.45, 2.75) is 31.8 Å². The van der Waals surface area contributed by atoms with E-state index >= 15 is 0 Å². The molecule has 1 unspecified atom stereocenters. The maximum Gasteiger partial charge on any atom is 0.420 e. The van der Waals surface area contributed by atoms with Crippen molar-refractivity contribution in [2.75, 3.05) is 5.32 Å². The average molecular weight is 420 g/mol. The van der Waals surface area contributed by atoms with Crippen LogP contribution in [0.5, 0.6) is 0 Å². The molecule has 1 amide bonds. The fourth-order valence-electron chi connectivity index (χ4n) is 3.07. The van der Waals surface area contributed by atoms with Crippen molar-refractivity contribution in [2.24, 2.45) is 5.92 Å². The quantitative estimate of drug-likeness (QED) is 0.626. The second-order valence-corrected chi connectivity index (χ2v) is 7.20. The first-order valence-electron chi connectivity index (χ1n) is 9.06. The molecule has 0 bridgehead atoms. The topological polar surface area (TPSA) is 88.0 Å². The van der Waals surface area contributed by atoms with Crippen molar-refractivity contribution < 1.29 is 27.5 Å².